The van der Waals surface area contributed by atoms with Gasteiger partial charge in [-0.3, -0.25) is 17.2 Å². The van der Waals surface area contributed by atoms with Gasteiger partial charge in [-0.25, -0.2) is 0 Å². The summed E-state index contributed by atoms with van der Waals surface area (Å²) in [7, 11) is -2.25. The lowest BCUT2D eigenvalue weighted by Gasteiger charge is -2.56. The van der Waals surface area contributed by atoms with Crippen molar-refractivity contribution >= 4 is 44.9 Å². The predicted octanol–water partition coefficient (Wildman–Crippen LogP) is 10.0. The number of rotatable bonds is 4. The van der Waals surface area contributed by atoms with Gasteiger partial charge < -0.3 is 0 Å². The van der Waals surface area contributed by atoms with E-state index in [-0.39, 0.29) is 0 Å². The first-order valence-electron chi connectivity index (χ1n) is 14.1. The highest BCUT2D eigenvalue weighted by Gasteiger charge is 2.62. The molecule has 2 heterocycles. The Morgan fingerprint density at radius 3 is 0.976 bits per heavy atom. The molecule has 0 saturated carbocycles. The van der Waals surface area contributed by atoms with E-state index in [4.69, 9.17) is 0 Å². The van der Waals surface area contributed by atoms with Gasteiger partial charge in [-0.1, -0.05) is 97.1 Å². The number of fused-ring (bicyclic) bond motifs is 2. The van der Waals surface area contributed by atoms with E-state index in [1.54, 1.807) is 0 Å². The highest BCUT2D eigenvalue weighted by molar-refractivity contribution is 8.39. The van der Waals surface area contributed by atoms with Crippen molar-refractivity contribution in [1.82, 2.24) is 0 Å². The number of anilines is 6. The van der Waals surface area contributed by atoms with Crippen molar-refractivity contribution in [3.8, 4) is 0 Å². The molecule has 5 aromatic carbocycles. The molecule has 0 aromatic heterocycles. The van der Waals surface area contributed by atoms with E-state index in [0.717, 1.165) is 24.2 Å². The highest BCUT2D eigenvalue weighted by Crippen LogP contribution is 2.80. The van der Waals surface area contributed by atoms with Gasteiger partial charge in [0.05, 0.1) is 45.5 Å². The summed E-state index contributed by atoms with van der Waals surface area (Å²) < 4.78 is 10.5. The molecule has 8 rings (SSSR count). The van der Waals surface area contributed by atoms with Crippen LogP contribution >= 0.6 is 10.8 Å². The fraction of sp³-hybridized carbons (Fsp3) is 0.0556. The first-order chi connectivity index (χ1) is 20.4. The van der Waals surface area contributed by atoms with Crippen molar-refractivity contribution in [3.05, 3.63) is 169 Å². The van der Waals surface area contributed by atoms with Crippen LogP contribution in [-0.4, -0.2) is 0 Å². The Kier molecular flexibility index (Phi) is 5.64. The van der Waals surface area contributed by atoms with Crippen molar-refractivity contribution in [2.75, 3.05) is 17.2 Å². The molecule has 4 nitrogen and oxygen atoms in total. The predicted molar refractivity (Wildman–Crippen MR) is 174 cm³/mol. The van der Waals surface area contributed by atoms with Crippen LogP contribution in [-0.2, 0) is 0 Å². The summed E-state index contributed by atoms with van der Waals surface area (Å²) in [5.41, 5.74) is 9.58. The number of hydrogen-bond donors (Lipinski definition) is 0. The molecule has 1 spiro atoms. The number of allylic oxidation sites excluding steroid dienone is 2. The highest BCUT2D eigenvalue weighted by atomic mass is 32.3. The van der Waals surface area contributed by atoms with E-state index in [9.17, 15) is 0 Å². The molecule has 1 aliphatic carbocycles. The van der Waals surface area contributed by atoms with Gasteiger partial charge in [0, 0.05) is 0 Å². The van der Waals surface area contributed by atoms with E-state index in [2.05, 4.69) is 175 Å². The first-order valence-corrected chi connectivity index (χ1v) is 15.6. The number of benzene rings is 5. The summed E-state index contributed by atoms with van der Waals surface area (Å²) in [6.07, 6.45) is 6.92. The first kappa shape index (κ1) is 24.0. The quantitative estimate of drug-likeness (QED) is 0.221. The van der Waals surface area contributed by atoms with Crippen LogP contribution in [0.2, 0.25) is 0 Å². The van der Waals surface area contributed by atoms with Gasteiger partial charge in [-0.2, -0.15) is 0 Å². The summed E-state index contributed by atoms with van der Waals surface area (Å²) >= 11 is 0. The Balaban J connectivity index is 1.56. The molecule has 0 N–H and O–H groups in total. The van der Waals surface area contributed by atoms with E-state index in [1.807, 2.05) is 0 Å². The number of para-hydroxylation sites is 6. The van der Waals surface area contributed by atoms with Crippen LogP contribution in [0.1, 0.15) is 12.8 Å². The molecule has 200 valence electrons. The Bertz CT molecular complexity index is 1620. The van der Waals surface area contributed by atoms with Gasteiger partial charge in [-0.05, 0) is 73.5 Å². The minimum Gasteiger partial charge on any atom is -0.253 e. The van der Waals surface area contributed by atoms with Crippen molar-refractivity contribution < 1.29 is 0 Å². The number of nitrogens with zero attached hydrogens (tertiary/aromatic N) is 4. The van der Waals surface area contributed by atoms with Gasteiger partial charge >= 0.3 is 0 Å². The van der Waals surface area contributed by atoms with Gasteiger partial charge in [0.1, 0.15) is 10.8 Å². The molecule has 5 heteroatoms. The lowest BCUT2D eigenvalue weighted by atomic mass is 10.1. The van der Waals surface area contributed by atoms with E-state index in [1.165, 1.54) is 34.1 Å². The maximum absolute atomic E-state index is 2.63. The van der Waals surface area contributed by atoms with Gasteiger partial charge in [0.15, 0.2) is 0 Å². The maximum atomic E-state index is 2.63. The second-order valence-electron chi connectivity index (χ2n) is 10.3. The summed E-state index contributed by atoms with van der Waals surface area (Å²) in [4.78, 5) is 0. The monoisotopic (exact) mass is 550 g/mol. The van der Waals surface area contributed by atoms with Crippen molar-refractivity contribution in [2.24, 2.45) is 0 Å². The van der Waals surface area contributed by atoms with E-state index < -0.39 is 10.8 Å². The molecule has 3 aliphatic rings. The summed E-state index contributed by atoms with van der Waals surface area (Å²) in [6, 6.07) is 52.5. The Labute approximate surface area is 243 Å². The topological polar surface area (TPSA) is 13.0 Å². The smallest absolute Gasteiger partial charge is 0.102 e. The van der Waals surface area contributed by atoms with E-state index >= 15 is 0 Å². The van der Waals surface area contributed by atoms with Crippen LogP contribution in [0.4, 0.5) is 34.1 Å². The molecule has 5 aromatic rings. The molecule has 0 bridgehead atoms. The second kappa shape index (κ2) is 9.65. The van der Waals surface area contributed by atoms with Crippen molar-refractivity contribution in [3.63, 3.8) is 0 Å². The normalized spacial score (nSPS) is 17.7. The molecule has 1 fully saturated rings. The molecule has 41 heavy (non-hydrogen) atoms. The molecule has 0 atom stereocenters. The maximum Gasteiger partial charge on any atom is 0.102 e. The minimum atomic E-state index is -2.25. The zero-order valence-electron chi connectivity index (χ0n) is 22.6. The standard InChI is InChI=1S/C36H30N4S/c1-5-17-29(18-6-1)37-33-25-13-14-26-34(33)38(30-19-7-2-8-20-30)41(37)39(31-21-9-3-10-22-31)35-27-15-16-28-36(35)40(41)32-23-11-4-12-24-32/h1-14,17-28H,15-16H2. The molecule has 1 saturated heterocycles. The van der Waals surface area contributed by atoms with Crippen molar-refractivity contribution in [1.29, 1.82) is 0 Å². The van der Waals surface area contributed by atoms with E-state index in [0.29, 0.717) is 0 Å². The lowest BCUT2D eigenvalue weighted by Crippen LogP contribution is -2.45. The molecule has 0 unspecified atom stereocenters. The van der Waals surface area contributed by atoms with Crippen LogP contribution in [0.5, 0.6) is 0 Å². The van der Waals surface area contributed by atoms with Crippen LogP contribution in [0.15, 0.2) is 169 Å². The molecular weight excluding hydrogens is 520 g/mol. The Morgan fingerprint density at radius 1 is 0.341 bits per heavy atom. The molecular formula is C36H30N4S. The average molecular weight is 551 g/mol. The van der Waals surface area contributed by atoms with Gasteiger partial charge in [-0.15, -0.1) is 0 Å². The fourth-order valence-electron chi connectivity index (χ4n) is 6.22. The minimum absolute atomic E-state index is 1.02. The third-order valence-corrected chi connectivity index (χ3v) is 11.4. The second-order valence-corrected chi connectivity index (χ2v) is 12.7. The third kappa shape index (κ3) is 3.49. The van der Waals surface area contributed by atoms with Crippen LogP contribution in [0.3, 0.4) is 0 Å². The van der Waals surface area contributed by atoms with Crippen LogP contribution in [0, 0.1) is 0 Å². The largest absolute Gasteiger partial charge is 0.253 e. The SMILES string of the molecule is C1=C2C(=CCC1)N(c1ccccc1)S1(N2c2ccccc2)N(c2ccccc2)c2ccccc2N1c1ccccc1. The van der Waals surface area contributed by atoms with Crippen LogP contribution < -0.4 is 17.2 Å². The average Bonchev–Trinajstić information content (AvgIpc) is 3.51. The lowest BCUT2D eigenvalue weighted by molar-refractivity contribution is 0.984. The van der Waals surface area contributed by atoms with Gasteiger partial charge in [0.2, 0.25) is 0 Å². The third-order valence-electron chi connectivity index (χ3n) is 7.80. The summed E-state index contributed by atoms with van der Waals surface area (Å²) in [6.45, 7) is 0. The van der Waals surface area contributed by atoms with Crippen molar-refractivity contribution in [2.45, 2.75) is 12.8 Å². The zero-order valence-corrected chi connectivity index (χ0v) is 23.4. The molecule has 0 amide bonds. The summed E-state index contributed by atoms with van der Waals surface area (Å²) in [5.74, 6) is 0. The van der Waals surface area contributed by atoms with Crippen LogP contribution in [0.25, 0.3) is 0 Å². The molecule has 2 aliphatic heterocycles. The fourth-order valence-corrected chi connectivity index (χ4v) is 10.5. The van der Waals surface area contributed by atoms with Gasteiger partial charge in [0.25, 0.3) is 0 Å². The Hall–Kier alpha value is -4.87. The number of hydrogen-bond acceptors (Lipinski definition) is 4. The molecule has 0 radical (unpaired) electrons. The Morgan fingerprint density at radius 2 is 0.634 bits per heavy atom. The summed E-state index contributed by atoms with van der Waals surface area (Å²) in [5, 5.41) is 0. The zero-order chi connectivity index (χ0) is 27.2.